The van der Waals surface area contributed by atoms with Gasteiger partial charge in [-0.2, -0.15) is 13.2 Å². The number of anilines is 1. The van der Waals surface area contributed by atoms with Crippen molar-refractivity contribution in [3.05, 3.63) is 51.9 Å². The van der Waals surface area contributed by atoms with Crippen LogP contribution in [0, 0.1) is 17.3 Å². The summed E-state index contributed by atoms with van der Waals surface area (Å²) < 4.78 is 43.7. The molecule has 3 rings (SSSR count). The standard InChI is InChI=1S/C22H25F3N4O2S/c1-12-8-14(28-20-26-7-6-17(29-20)22(23,24)25)9-15(13(12)2)16-11-27-18(32-16)10-21(3,4)19(30)31-5/h6-9,11-13H,10H2,1-5H3,(H,26,28,29)/t12?,13-/m1/s1. The van der Waals surface area contributed by atoms with Crippen molar-refractivity contribution < 1.29 is 22.7 Å². The van der Waals surface area contributed by atoms with Gasteiger partial charge in [0.25, 0.3) is 0 Å². The SMILES string of the molecule is COC(=O)C(C)(C)Cc1ncc(C2=CC(Nc3nccc(C(F)(F)F)n3)=CC(C)[C@H]2C)s1. The average molecular weight is 467 g/mol. The topological polar surface area (TPSA) is 77.0 Å². The van der Waals surface area contributed by atoms with Crippen LogP contribution in [0.3, 0.4) is 0 Å². The summed E-state index contributed by atoms with van der Waals surface area (Å²) in [6, 6.07) is 0.834. The van der Waals surface area contributed by atoms with E-state index in [0.717, 1.165) is 27.7 Å². The molecule has 1 unspecified atom stereocenters. The largest absolute Gasteiger partial charge is 0.469 e. The van der Waals surface area contributed by atoms with Gasteiger partial charge >= 0.3 is 12.1 Å². The molecule has 0 radical (unpaired) electrons. The minimum Gasteiger partial charge on any atom is -0.469 e. The summed E-state index contributed by atoms with van der Waals surface area (Å²) in [7, 11) is 1.36. The lowest BCUT2D eigenvalue weighted by Gasteiger charge is -2.25. The van der Waals surface area contributed by atoms with Crippen LogP contribution < -0.4 is 5.32 Å². The van der Waals surface area contributed by atoms with E-state index in [4.69, 9.17) is 4.74 Å². The van der Waals surface area contributed by atoms with Gasteiger partial charge in [0.1, 0.15) is 5.69 Å². The van der Waals surface area contributed by atoms with Gasteiger partial charge in [-0.05, 0) is 43.4 Å². The normalized spacial score (nSPS) is 19.2. The van der Waals surface area contributed by atoms with E-state index in [-0.39, 0.29) is 23.8 Å². The number of aromatic nitrogens is 3. The average Bonchev–Trinajstić information content (AvgIpc) is 3.17. The molecule has 2 heterocycles. The Morgan fingerprint density at radius 3 is 2.62 bits per heavy atom. The Balaban J connectivity index is 1.84. The molecular formula is C22H25F3N4O2S. The van der Waals surface area contributed by atoms with Gasteiger partial charge in [0.2, 0.25) is 5.95 Å². The van der Waals surface area contributed by atoms with Crippen LogP contribution in [0.4, 0.5) is 19.1 Å². The number of halogens is 3. The van der Waals surface area contributed by atoms with E-state index >= 15 is 0 Å². The Bertz CT molecular complexity index is 1060. The lowest BCUT2D eigenvalue weighted by molar-refractivity contribution is -0.150. The van der Waals surface area contributed by atoms with Gasteiger partial charge in [0, 0.05) is 24.5 Å². The van der Waals surface area contributed by atoms with E-state index in [1.54, 1.807) is 6.20 Å². The minimum absolute atomic E-state index is 0.117. The van der Waals surface area contributed by atoms with Gasteiger partial charge in [0.15, 0.2) is 0 Å². The molecule has 2 aromatic rings. The van der Waals surface area contributed by atoms with Crippen LogP contribution >= 0.6 is 11.3 Å². The molecule has 0 aromatic carbocycles. The van der Waals surface area contributed by atoms with Gasteiger partial charge in [-0.25, -0.2) is 15.0 Å². The number of rotatable bonds is 6. The molecule has 0 saturated heterocycles. The number of ether oxygens (including phenoxy) is 1. The third kappa shape index (κ3) is 5.35. The fourth-order valence-corrected chi connectivity index (χ4v) is 4.65. The first-order valence-corrected chi connectivity index (χ1v) is 10.9. The molecular weight excluding hydrogens is 441 g/mol. The highest BCUT2D eigenvalue weighted by molar-refractivity contribution is 7.12. The van der Waals surface area contributed by atoms with Crippen molar-refractivity contribution in [2.45, 2.75) is 40.3 Å². The van der Waals surface area contributed by atoms with Crippen molar-refractivity contribution in [2.75, 3.05) is 12.4 Å². The monoisotopic (exact) mass is 466 g/mol. The molecule has 1 aliphatic rings. The fraction of sp³-hybridized carbons (Fsp3) is 0.455. The highest BCUT2D eigenvalue weighted by Crippen LogP contribution is 2.38. The number of alkyl halides is 3. The van der Waals surface area contributed by atoms with Gasteiger partial charge in [-0.15, -0.1) is 11.3 Å². The first kappa shape index (κ1) is 23.9. The van der Waals surface area contributed by atoms with Gasteiger partial charge in [-0.3, -0.25) is 4.79 Å². The number of carbonyl (C=O) groups excluding carboxylic acids is 1. The minimum atomic E-state index is -4.54. The number of methoxy groups -OCH3 is 1. The zero-order valence-electron chi connectivity index (χ0n) is 18.4. The van der Waals surface area contributed by atoms with Gasteiger partial charge < -0.3 is 10.1 Å². The summed E-state index contributed by atoms with van der Waals surface area (Å²) in [5, 5.41) is 3.70. The summed E-state index contributed by atoms with van der Waals surface area (Å²) in [5.74, 6) is -0.123. The maximum Gasteiger partial charge on any atom is 0.433 e. The number of esters is 1. The molecule has 1 N–H and O–H groups in total. The van der Waals surface area contributed by atoms with Gasteiger partial charge in [0.05, 0.1) is 22.4 Å². The summed E-state index contributed by atoms with van der Waals surface area (Å²) in [4.78, 5) is 24.9. The van der Waals surface area contributed by atoms with E-state index in [1.165, 1.54) is 18.4 Å². The molecule has 6 nitrogen and oxygen atoms in total. The lowest BCUT2D eigenvalue weighted by atomic mass is 9.83. The molecule has 0 aliphatic heterocycles. The Labute approximate surface area is 188 Å². The first-order chi connectivity index (χ1) is 14.9. The van der Waals surface area contributed by atoms with Gasteiger partial charge in [-0.1, -0.05) is 19.9 Å². The quantitative estimate of drug-likeness (QED) is 0.578. The van der Waals surface area contributed by atoms with Crippen LogP contribution in [-0.4, -0.2) is 28.0 Å². The van der Waals surface area contributed by atoms with Crippen molar-refractivity contribution in [1.82, 2.24) is 15.0 Å². The second-order valence-electron chi connectivity index (χ2n) is 8.43. The Hall–Kier alpha value is -2.75. The van der Waals surface area contributed by atoms with Crippen LogP contribution in [0.1, 0.15) is 43.3 Å². The van der Waals surface area contributed by atoms with Crippen molar-refractivity contribution in [3.63, 3.8) is 0 Å². The number of hydrogen-bond donors (Lipinski definition) is 1. The Kier molecular flexibility index (Phi) is 6.73. The number of hydrogen-bond acceptors (Lipinski definition) is 7. The molecule has 172 valence electrons. The third-order valence-electron chi connectivity index (χ3n) is 5.40. The number of nitrogens with one attached hydrogen (secondary N) is 1. The Morgan fingerprint density at radius 1 is 1.25 bits per heavy atom. The fourth-order valence-electron chi connectivity index (χ4n) is 3.39. The lowest BCUT2D eigenvalue weighted by Crippen LogP contribution is -2.27. The van der Waals surface area contributed by atoms with Crippen molar-refractivity contribution in [2.24, 2.45) is 17.3 Å². The number of allylic oxidation sites excluding steroid dienone is 3. The second kappa shape index (κ2) is 9.01. The van der Waals surface area contributed by atoms with Crippen LogP contribution in [0.5, 0.6) is 0 Å². The molecule has 0 bridgehead atoms. The highest BCUT2D eigenvalue weighted by Gasteiger charge is 2.33. The van der Waals surface area contributed by atoms with Crippen LogP contribution in [-0.2, 0) is 22.1 Å². The van der Waals surface area contributed by atoms with E-state index in [9.17, 15) is 18.0 Å². The van der Waals surface area contributed by atoms with Crippen LogP contribution in [0.2, 0.25) is 0 Å². The zero-order chi connectivity index (χ0) is 23.7. The number of thiazole rings is 1. The predicted octanol–water partition coefficient (Wildman–Crippen LogP) is 5.36. The molecule has 0 amide bonds. The van der Waals surface area contributed by atoms with Crippen molar-refractivity contribution in [1.29, 1.82) is 0 Å². The second-order valence-corrected chi connectivity index (χ2v) is 9.54. The molecule has 0 fully saturated rings. The zero-order valence-corrected chi connectivity index (χ0v) is 19.3. The van der Waals surface area contributed by atoms with E-state index in [1.807, 2.05) is 32.9 Å². The van der Waals surface area contributed by atoms with Crippen LogP contribution in [0.25, 0.3) is 5.57 Å². The summed E-state index contributed by atoms with van der Waals surface area (Å²) in [5.41, 5.74) is -0.0711. The summed E-state index contributed by atoms with van der Waals surface area (Å²) in [6.07, 6.45) is 2.58. The molecule has 0 spiro atoms. The maximum atomic E-state index is 13.0. The molecule has 2 atom stereocenters. The number of carbonyl (C=O) groups is 1. The van der Waals surface area contributed by atoms with E-state index in [0.29, 0.717) is 12.1 Å². The number of nitrogens with zero attached hydrogens (tertiary/aromatic N) is 3. The smallest absolute Gasteiger partial charge is 0.433 e. The van der Waals surface area contributed by atoms with E-state index < -0.39 is 17.3 Å². The predicted molar refractivity (Wildman–Crippen MR) is 117 cm³/mol. The van der Waals surface area contributed by atoms with E-state index in [2.05, 4.69) is 27.2 Å². The summed E-state index contributed by atoms with van der Waals surface area (Å²) in [6.45, 7) is 7.74. The van der Waals surface area contributed by atoms with Crippen molar-refractivity contribution in [3.8, 4) is 0 Å². The molecule has 32 heavy (non-hydrogen) atoms. The van der Waals surface area contributed by atoms with Crippen LogP contribution in [0.15, 0.2) is 36.3 Å². The third-order valence-corrected chi connectivity index (χ3v) is 6.45. The summed E-state index contributed by atoms with van der Waals surface area (Å²) >= 11 is 1.49. The highest BCUT2D eigenvalue weighted by atomic mass is 32.1. The molecule has 10 heteroatoms. The first-order valence-electron chi connectivity index (χ1n) is 10.0. The molecule has 2 aromatic heterocycles. The molecule has 1 aliphatic carbocycles. The van der Waals surface area contributed by atoms with Crippen molar-refractivity contribution >= 4 is 28.8 Å². The maximum absolute atomic E-state index is 13.0. The molecule has 0 saturated carbocycles. The Morgan fingerprint density at radius 2 is 1.97 bits per heavy atom.